The molecular formula is C27H28N2O2S. The van der Waals surface area contributed by atoms with Gasteiger partial charge in [0.05, 0.1) is 12.0 Å². The maximum Gasteiger partial charge on any atom is 0.254 e. The minimum Gasteiger partial charge on any atom is -0.327 e. The van der Waals surface area contributed by atoms with Crippen molar-refractivity contribution in [1.82, 2.24) is 4.90 Å². The van der Waals surface area contributed by atoms with Crippen LogP contribution in [-0.2, 0) is 11.2 Å². The Morgan fingerprint density at radius 2 is 1.88 bits per heavy atom. The Morgan fingerprint density at radius 1 is 1.06 bits per heavy atom. The third-order valence-electron chi connectivity index (χ3n) is 6.81. The average Bonchev–Trinajstić information content (AvgIpc) is 3.53. The highest BCUT2D eigenvalue weighted by Crippen LogP contribution is 2.47. The summed E-state index contributed by atoms with van der Waals surface area (Å²) in [6.07, 6.45) is 5.19. The summed E-state index contributed by atoms with van der Waals surface area (Å²) < 4.78 is 0. The normalized spacial score (nSPS) is 20.9. The number of nitrogens with one attached hydrogen (secondary N) is 1. The van der Waals surface area contributed by atoms with Crippen LogP contribution >= 0.6 is 11.3 Å². The molecule has 32 heavy (non-hydrogen) atoms. The van der Waals surface area contributed by atoms with E-state index in [9.17, 15) is 9.59 Å². The van der Waals surface area contributed by atoms with Crippen LogP contribution in [0.1, 0.15) is 70.9 Å². The van der Waals surface area contributed by atoms with Crippen LogP contribution in [-0.4, -0.2) is 22.8 Å². The molecule has 0 saturated heterocycles. The summed E-state index contributed by atoms with van der Waals surface area (Å²) in [7, 11) is 0. The van der Waals surface area contributed by atoms with Crippen LogP contribution < -0.4 is 5.32 Å². The van der Waals surface area contributed by atoms with E-state index in [1.54, 1.807) is 11.3 Å². The lowest BCUT2D eigenvalue weighted by atomic mass is 9.80. The molecule has 2 amide bonds. The molecule has 1 aromatic heterocycles. The highest BCUT2D eigenvalue weighted by molar-refractivity contribution is 7.10. The number of benzene rings is 2. The van der Waals surface area contributed by atoms with E-state index in [1.807, 2.05) is 58.8 Å². The zero-order valence-corrected chi connectivity index (χ0v) is 19.1. The first-order chi connectivity index (χ1) is 15.7. The van der Waals surface area contributed by atoms with E-state index < -0.39 is 5.92 Å². The zero-order valence-electron chi connectivity index (χ0n) is 18.3. The molecule has 0 spiro atoms. The van der Waals surface area contributed by atoms with Crippen LogP contribution in [0, 0.1) is 0 Å². The third kappa shape index (κ3) is 3.75. The van der Waals surface area contributed by atoms with E-state index in [4.69, 9.17) is 0 Å². The molecule has 2 aliphatic rings. The number of carbonyl (C=O) groups excluding carboxylic acids is 2. The number of thiophene rings is 1. The van der Waals surface area contributed by atoms with Crippen molar-refractivity contribution in [3.05, 3.63) is 87.6 Å². The Hall–Kier alpha value is -2.92. The molecule has 1 aliphatic carbocycles. The fourth-order valence-electron chi connectivity index (χ4n) is 5.27. The van der Waals surface area contributed by atoms with Gasteiger partial charge < -0.3 is 10.2 Å². The van der Waals surface area contributed by atoms with Gasteiger partial charge >= 0.3 is 0 Å². The van der Waals surface area contributed by atoms with Gasteiger partial charge in [-0.25, -0.2) is 0 Å². The van der Waals surface area contributed by atoms with Crippen molar-refractivity contribution in [2.24, 2.45) is 0 Å². The maximum absolute atomic E-state index is 13.9. The number of hydrogen-bond acceptors (Lipinski definition) is 3. The third-order valence-corrected chi connectivity index (χ3v) is 7.76. The van der Waals surface area contributed by atoms with Gasteiger partial charge in [-0.1, -0.05) is 56.2 Å². The maximum atomic E-state index is 13.9. The van der Waals surface area contributed by atoms with Crippen molar-refractivity contribution < 1.29 is 9.59 Å². The van der Waals surface area contributed by atoms with Gasteiger partial charge in [0.2, 0.25) is 5.91 Å². The van der Waals surface area contributed by atoms with Crippen LogP contribution in [0.15, 0.2) is 66.0 Å². The lowest BCUT2D eigenvalue weighted by molar-refractivity contribution is -0.119. The van der Waals surface area contributed by atoms with Gasteiger partial charge in [0.1, 0.15) is 0 Å². The van der Waals surface area contributed by atoms with E-state index in [2.05, 4.69) is 24.4 Å². The van der Waals surface area contributed by atoms with Gasteiger partial charge in [-0.2, -0.15) is 0 Å². The Labute approximate surface area is 193 Å². The van der Waals surface area contributed by atoms with E-state index in [-0.39, 0.29) is 23.9 Å². The second-order valence-corrected chi connectivity index (χ2v) is 9.70. The molecule has 2 heterocycles. The summed E-state index contributed by atoms with van der Waals surface area (Å²) >= 11 is 1.63. The molecule has 0 radical (unpaired) electrons. The van der Waals surface area contributed by atoms with Gasteiger partial charge in [-0.3, -0.25) is 9.59 Å². The minimum atomic E-state index is -0.451. The number of aryl methyl sites for hydroxylation is 1. The molecule has 0 unspecified atom stereocenters. The number of amides is 2. The summed E-state index contributed by atoms with van der Waals surface area (Å²) in [4.78, 5) is 30.7. The number of carbonyl (C=O) groups is 2. The lowest BCUT2D eigenvalue weighted by Crippen LogP contribution is -2.49. The predicted molar refractivity (Wildman–Crippen MR) is 129 cm³/mol. The fourth-order valence-corrected chi connectivity index (χ4v) is 6.13. The Balaban J connectivity index is 1.60. The second kappa shape index (κ2) is 8.91. The van der Waals surface area contributed by atoms with E-state index in [0.717, 1.165) is 48.2 Å². The number of anilines is 1. The summed E-state index contributed by atoms with van der Waals surface area (Å²) in [5, 5.41) is 5.21. The molecule has 1 saturated carbocycles. The van der Waals surface area contributed by atoms with Crippen LogP contribution in [0.3, 0.4) is 0 Å². The summed E-state index contributed by atoms with van der Waals surface area (Å²) in [6, 6.07) is 19.7. The van der Waals surface area contributed by atoms with Crippen LogP contribution in [0.25, 0.3) is 0 Å². The molecule has 0 bridgehead atoms. The molecule has 164 valence electrons. The number of fused-ring (bicyclic) bond motifs is 1. The zero-order chi connectivity index (χ0) is 22.1. The summed E-state index contributed by atoms with van der Waals surface area (Å²) in [5.74, 6) is -0.448. The molecule has 5 heteroatoms. The van der Waals surface area contributed by atoms with E-state index in [1.165, 1.54) is 5.56 Å². The molecule has 3 aromatic rings. The van der Waals surface area contributed by atoms with Gasteiger partial charge in [-0.05, 0) is 60.0 Å². The molecule has 4 nitrogen and oxygen atoms in total. The molecule has 1 N–H and O–H groups in total. The summed E-state index contributed by atoms with van der Waals surface area (Å²) in [5.41, 5.74) is 3.48. The summed E-state index contributed by atoms with van der Waals surface area (Å²) in [6.45, 7) is 2.11. The van der Waals surface area contributed by atoms with E-state index in [0.29, 0.717) is 5.56 Å². The Morgan fingerprint density at radius 3 is 2.62 bits per heavy atom. The topological polar surface area (TPSA) is 49.4 Å². The molecule has 1 fully saturated rings. The molecule has 5 rings (SSSR count). The molecule has 2 aromatic carbocycles. The Kier molecular flexibility index (Phi) is 5.83. The molecule has 2 atom stereocenters. The second-order valence-electron chi connectivity index (χ2n) is 8.72. The molecular weight excluding hydrogens is 416 g/mol. The van der Waals surface area contributed by atoms with Crippen molar-refractivity contribution in [2.45, 2.75) is 57.0 Å². The number of hydrogen-bond donors (Lipinski definition) is 1. The van der Waals surface area contributed by atoms with E-state index >= 15 is 0 Å². The first-order valence-electron chi connectivity index (χ1n) is 11.5. The van der Waals surface area contributed by atoms with Crippen molar-refractivity contribution in [2.75, 3.05) is 5.32 Å². The van der Waals surface area contributed by atoms with Gasteiger partial charge in [0, 0.05) is 22.2 Å². The highest BCUT2D eigenvalue weighted by Gasteiger charge is 2.47. The van der Waals surface area contributed by atoms with Crippen molar-refractivity contribution in [3.8, 4) is 0 Å². The standard InChI is InChI=1S/C27H28N2O2S/c1-2-18-9-7-10-19(17-18)28-26(30)24-21-13-5-6-14-22(21)27(31)29(20-11-3-4-12-20)25(24)23-15-8-16-32-23/h5-10,13-17,20,24-25H,2-4,11-12H2,1H3,(H,28,30)/t24-,25-/m0/s1. The number of rotatable bonds is 5. The smallest absolute Gasteiger partial charge is 0.254 e. The highest BCUT2D eigenvalue weighted by atomic mass is 32.1. The van der Waals surface area contributed by atoms with Crippen LogP contribution in [0.4, 0.5) is 5.69 Å². The SMILES string of the molecule is CCc1cccc(NC(=O)[C@H]2c3ccccc3C(=O)N(C3CCCC3)[C@H]2c2cccs2)c1. The lowest BCUT2D eigenvalue weighted by Gasteiger charge is -2.44. The van der Waals surface area contributed by atoms with Crippen molar-refractivity contribution in [3.63, 3.8) is 0 Å². The number of nitrogens with zero attached hydrogens (tertiary/aromatic N) is 1. The van der Waals surface area contributed by atoms with Gasteiger partial charge in [-0.15, -0.1) is 11.3 Å². The van der Waals surface area contributed by atoms with Gasteiger partial charge in [0.15, 0.2) is 0 Å². The monoisotopic (exact) mass is 444 g/mol. The predicted octanol–water partition coefficient (Wildman–Crippen LogP) is 6.17. The van der Waals surface area contributed by atoms with Crippen LogP contribution in [0.5, 0.6) is 0 Å². The quantitative estimate of drug-likeness (QED) is 0.511. The van der Waals surface area contributed by atoms with Crippen molar-refractivity contribution >= 4 is 28.8 Å². The molecule has 1 aliphatic heterocycles. The average molecular weight is 445 g/mol. The first-order valence-corrected chi connectivity index (χ1v) is 12.4. The van der Waals surface area contributed by atoms with Crippen molar-refractivity contribution in [1.29, 1.82) is 0 Å². The fraction of sp³-hybridized carbons (Fsp3) is 0.333. The Bertz CT molecular complexity index is 1120. The minimum absolute atomic E-state index is 0.0559. The van der Waals surface area contributed by atoms with Crippen LogP contribution in [0.2, 0.25) is 0 Å². The van der Waals surface area contributed by atoms with Gasteiger partial charge in [0.25, 0.3) is 5.91 Å². The largest absolute Gasteiger partial charge is 0.327 e. The first kappa shape index (κ1) is 21.0.